The van der Waals surface area contributed by atoms with Crippen LogP contribution in [0.4, 0.5) is 0 Å². The normalized spacial score (nSPS) is 14.1. The lowest BCUT2D eigenvalue weighted by molar-refractivity contribution is 0.228. The summed E-state index contributed by atoms with van der Waals surface area (Å²) in [5.41, 5.74) is 0. The Morgan fingerprint density at radius 3 is 1.37 bits per heavy atom. The molecule has 0 unspecified atom stereocenters. The Kier molecular flexibility index (Phi) is 15.7. The van der Waals surface area contributed by atoms with E-state index in [0.717, 1.165) is 6.67 Å². The van der Waals surface area contributed by atoms with E-state index >= 15 is 0 Å². The molecule has 0 amide bonds. The fourth-order valence-corrected chi connectivity index (χ4v) is 4.00. The predicted octanol–water partition coefficient (Wildman–Crippen LogP) is 8.09. The molecule has 0 saturated carbocycles. The second-order valence-electron chi connectivity index (χ2n) is 9.02. The van der Waals surface area contributed by atoms with E-state index in [2.05, 4.69) is 43.0 Å². The molecule has 0 bridgehead atoms. The van der Waals surface area contributed by atoms with Gasteiger partial charge >= 0.3 is 0 Å². The molecular formula is C25H50N2. The van der Waals surface area contributed by atoms with Crippen molar-refractivity contribution in [2.24, 2.45) is 0 Å². The van der Waals surface area contributed by atoms with Crippen LogP contribution in [0.2, 0.25) is 0 Å². The van der Waals surface area contributed by atoms with Crippen molar-refractivity contribution in [2.75, 3.05) is 13.2 Å². The summed E-state index contributed by atoms with van der Waals surface area (Å²) in [4.78, 5) is 4.87. The molecule has 0 saturated heterocycles. The van der Waals surface area contributed by atoms with Crippen molar-refractivity contribution in [1.82, 2.24) is 9.80 Å². The Bertz CT molecular complexity index is 337. The van der Waals surface area contributed by atoms with Crippen LogP contribution in [0.1, 0.15) is 130 Å². The maximum Gasteiger partial charge on any atom is 0.0896 e. The maximum absolute atomic E-state index is 2.46. The zero-order chi connectivity index (χ0) is 19.6. The van der Waals surface area contributed by atoms with Crippen LogP contribution in [0.25, 0.3) is 0 Å². The van der Waals surface area contributed by atoms with Gasteiger partial charge in [0.25, 0.3) is 0 Å². The van der Waals surface area contributed by atoms with Crippen LogP contribution >= 0.6 is 0 Å². The van der Waals surface area contributed by atoms with Crippen LogP contribution in [0.3, 0.4) is 0 Å². The van der Waals surface area contributed by atoms with E-state index in [0.29, 0.717) is 6.04 Å². The van der Waals surface area contributed by atoms with Crippen molar-refractivity contribution < 1.29 is 0 Å². The summed E-state index contributed by atoms with van der Waals surface area (Å²) in [7, 11) is 0. The zero-order valence-electron chi connectivity index (χ0n) is 19.1. The molecule has 1 aliphatic heterocycles. The van der Waals surface area contributed by atoms with E-state index in [1.807, 2.05) is 0 Å². The molecule has 2 heteroatoms. The maximum atomic E-state index is 2.46. The van der Waals surface area contributed by atoms with Crippen LogP contribution in [0.5, 0.6) is 0 Å². The molecule has 2 nitrogen and oxygen atoms in total. The third-order valence-corrected chi connectivity index (χ3v) is 6.03. The van der Waals surface area contributed by atoms with Crippen molar-refractivity contribution in [2.45, 2.75) is 136 Å². The Balaban J connectivity index is 1.71. The average Bonchev–Trinajstić information content (AvgIpc) is 3.13. The molecule has 160 valence electrons. The number of unbranched alkanes of at least 4 members (excludes halogenated alkanes) is 16. The van der Waals surface area contributed by atoms with Gasteiger partial charge in [-0.15, -0.1) is 0 Å². The minimum absolute atomic E-state index is 0.627. The highest BCUT2D eigenvalue weighted by atomic mass is 15.3. The van der Waals surface area contributed by atoms with Crippen molar-refractivity contribution >= 4 is 0 Å². The summed E-state index contributed by atoms with van der Waals surface area (Å²) >= 11 is 0. The summed E-state index contributed by atoms with van der Waals surface area (Å²) in [5, 5.41) is 0. The molecular weight excluding hydrogens is 328 g/mol. The minimum Gasteiger partial charge on any atom is -0.359 e. The molecule has 1 aliphatic rings. The van der Waals surface area contributed by atoms with Crippen LogP contribution in [-0.2, 0) is 0 Å². The van der Waals surface area contributed by atoms with E-state index in [9.17, 15) is 0 Å². The first-order valence-corrected chi connectivity index (χ1v) is 12.4. The van der Waals surface area contributed by atoms with Crippen molar-refractivity contribution in [1.29, 1.82) is 0 Å². The van der Waals surface area contributed by atoms with Gasteiger partial charge in [0.15, 0.2) is 0 Å². The van der Waals surface area contributed by atoms with Gasteiger partial charge in [0, 0.05) is 25.0 Å². The first kappa shape index (κ1) is 24.4. The van der Waals surface area contributed by atoms with Gasteiger partial charge in [0.1, 0.15) is 0 Å². The molecule has 0 N–H and O–H groups in total. The molecule has 0 fully saturated rings. The zero-order valence-corrected chi connectivity index (χ0v) is 19.1. The monoisotopic (exact) mass is 378 g/mol. The molecule has 0 atom stereocenters. The quantitative estimate of drug-likeness (QED) is 0.209. The van der Waals surface area contributed by atoms with Gasteiger partial charge in [-0.2, -0.15) is 0 Å². The molecule has 27 heavy (non-hydrogen) atoms. The van der Waals surface area contributed by atoms with E-state index in [1.54, 1.807) is 0 Å². The number of hydrogen-bond acceptors (Lipinski definition) is 2. The molecule has 0 radical (unpaired) electrons. The Hall–Kier alpha value is -0.660. The highest BCUT2D eigenvalue weighted by molar-refractivity contribution is 4.91. The first-order valence-electron chi connectivity index (χ1n) is 12.4. The lowest BCUT2D eigenvalue weighted by Crippen LogP contribution is -2.30. The largest absolute Gasteiger partial charge is 0.359 e. The Labute approximate surface area is 171 Å². The Morgan fingerprint density at radius 1 is 0.593 bits per heavy atom. The fraction of sp³-hybridized carbons (Fsp3) is 0.920. The third-order valence-electron chi connectivity index (χ3n) is 6.03. The molecule has 0 spiro atoms. The van der Waals surface area contributed by atoms with Gasteiger partial charge in [-0.3, -0.25) is 0 Å². The summed E-state index contributed by atoms with van der Waals surface area (Å²) < 4.78 is 0. The highest BCUT2D eigenvalue weighted by Crippen LogP contribution is 2.15. The molecule has 1 rings (SSSR count). The number of rotatable bonds is 19. The van der Waals surface area contributed by atoms with Gasteiger partial charge in [0.2, 0.25) is 0 Å². The van der Waals surface area contributed by atoms with Crippen LogP contribution < -0.4 is 0 Å². The second kappa shape index (κ2) is 17.4. The fourth-order valence-electron chi connectivity index (χ4n) is 4.00. The predicted molar refractivity (Wildman–Crippen MR) is 122 cm³/mol. The van der Waals surface area contributed by atoms with Gasteiger partial charge < -0.3 is 9.80 Å². The highest BCUT2D eigenvalue weighted by Gasteiger charge is 2.13. The minimum atomic E-state index is 0.627. The summed E-state index contributed by atoms with van der Waals surface area (Å²) in [5.74, 6) is 0. The Morgan fingerprint density at radius 2 is 1.00 bits per heavy atom. The van der Waals surface area contributed by atoms with E-state index < -0.39 is 0 Å². The molecule has 1 heterocycles. The first-order chi connectivity index (χ1) is 13.2. The SMILES string of the molecule is CCCCCCCCCCCCCCCCCCCN1C=CN(C(C)C)C1. The smallest absolute Gasteiger partial charge is 0.0896 e. The summed E-state index contributed by atoms with van der Waals surface area (Å²) in [6.45, 7) is 9.16. The van der Waals surface area contributed by atoms with Gasteiger partial charge in [-0.25, -0.2) is 0 Å². The van der Waals surface area contributed by atoms with Crippen LogP contribution in [0.15, 0.2) is 12.4 Å². The van der Waals surface area contributed by atoms with Gasteiger partial charge in [-0.1, -0.05) is 110 Å². The molecule has 0 aromatic rings. The van der Waals surface area contributed by atoms with Crippen LogP contribution in [-0.4, -0.2) is 29.1 Å². The van der Waals surface area contributed by atoms with Crippen LogP contribution in [0, 0.1) is 0 Å². The standard InChI is InChI=1S/C25H50N2/c1-4-5-6-7-8-9-10-11-12-13-14-15-16-17-18-19-20-21-26-22-23-27(24-26)25(2)3/h22-23,25H,4-21,24H2,1-3H3. The summed E-state index contributed by atoms with van der Waals surface area (Å²) in [6.07, 6.45) is 29.2. The lowest BCUT2D eigenvalue weighted by Gasteiger charge is -2.24. The molecule has 0 aromatic heterocycles. The van der Waals surface area contributed by atoms with Gasteiger partial charge in [-0.05, 0) is 20.3 Å². The molecule has 0 aliphatic carbocycles. The third kappa shape index (κ3) is 14.1. The molecule has 0 aromatic carbocycles. The summed E-state index contributed by atoms with van der Waals surface area (Å²) in [6, 6.07) is 0.627. The number of nitrogens with zero attached hydrogens (tertiary/aromatic N) is 2. The van der Waals surface area contributed by atoms with Crippen molar-refractivity contribution in [3.63, 3.8) is 0 Å². The average molecular weight is 379 g/mol. The van der Waals surface area contributed by atoms with E-state index in [-0.39, 0.29) is 0 Å². The van der Waals surface area contributed by atoms with Crippen molar-refractivity contribution in [3.05, 3.63) is 12.4 Å². The number of hydrogen-bond donors (Lipinski definition) is 0. The lowest BCUT2D eigenvalue weighted by atomic mass is 10.0. The second-order valence-corrected chi connectivity index (χ2v) is 9.02. The van der Waals surface area contributed by atoms with Gasteiger partial charge in [0.05, 0.1) is 6.67 Å². The van der Waals surface area contributed by atoms with E-state index in [4.69, 9.17) is 0 Å². The topological polar surface area (TPSA) is 6.48 Å². The van der Waals surface area contributed by atoms with Crippen molar-refractivity contribution in [3.8, 4) is 0 Å². The van der Waals surface area contributed by atoms with E-state index in [1.165, 1.54) is 116 Å².